The summed E-state index contributed by atoms with van der Waals surface area (Å²) in [5, 5.41) is 0.936. The number of ether oxygens (including phenoxy) is 1. The number of fused-ring (bicyclic) bond motifs is 1. The molecule has 1 aliphatic rings. The summed E-state index contributed by atoms with van der Waals surface area (Å²) in [7, 11) is 0. The lowest BCUT2D eigenvalue weighted by atomic mass is 9.99. The molecule has 1 fully saturated rings. The molecule has 1 saturated heterocycles. The van der Waals surface area contributed by atoms with Gasteiger partial charge in [-0.2, -0.15) is 0 Å². The summed E-state index contributed by atoms with van der Waals surface area (Å²) in [6.07, 6.45) is 6.60. The molecule has 1 unspecified atom stereocenters. The van der Waals surface area contributed by atoms with Gasteiger partial charge in [-0.1, -0.05) is 31.5 Å². The number of rotatable bonds is 6. The second-order valence-electron chi connectivity index (χ2n) is 6.51. The average molecular weight is 351 g/mol. The van der Waals surface area contributed by atoms with Crippen LogP contribution in [-0.2, 0) is 4.74 Å². The second kappa shape index (κ2) is 9.09. The van der Waals surface area contributed by atoms with Crippen molar-refractivity contribution in [3.05, 3.63) is 36.0 Å². The fourth-order valence-electron chi connectivity index (χ4n) is 3.38. The quantitative estimate of drug-likeness (QED) is 0.792. The Balaban J connectivity index is 0.00000208. The van der Waals surface area contributed by atoms with E-state index in [9.17, 15) is 4.79 Å². The fraction of sp³-hybridized carbons (Fsp3) is 0.526. The first-order valence-corrected chi connectivity index (χ1v) is 8.73. The molecule has 4 nitrogen and oxygen atoms in total. The third-order valence-corrected chi connectivity index (χ3v) is 4.69. The van der Waals surface area contributed by atoms with E-state index in [0.717, 1.165) is 23.9 Å². The van der Waals surface area contributed by atoms with Crippen molar-refractivity contribution >= 4 is 29.3 Å². The Labute approximate surface area is 150 Å². The number of aromatic nitrogens is 1. The molecule has 0 saturated carbocycles. The van der Waals surface area contributed by atoms with Crippen LogP contribution in [-0.4, -0.2) is 42.1 Å². The van der Waals surface area contributed by atoms with Gasteiger partial charge in [0.2, 0.25) is 0 Å². The van der Waals surface area contributed by atoms with Crippen molar-refractivity contribution in [2.75, 3.05) is 26.2 Å². The molecule has 0 aliphatic carbocycles. The van der Waals surface area contributed by atoms with Crippen LogP contribution < -0.4 is 0 Å². The van der Waals surface area contributed by atoms with E-state index >= 15 is 0 Å². The number of unbranched alkanes of at least 4 members (excludes halogenated alkanes) is 1. The van der Waals surface area contributed by atoms with Crippen LogP contribution >= 0.6 is 12.4 Å². The van der Waals surface area contributed by atoms with Crippen LogP contribution in [0.25, 0.3) is 10.9 Å². The first kappa shape index (κ1) is 18.8. The van der Waals surface area contributed by atoms with E-state index in [4.69, 9.17) is 4.74 Å². The standard InChI is InChI=1S/C19H26N2O2.ClH/c1-2-3-10-21-11-6-7-15(13-21)14-23-19(22)17-12-20-18-9-5-4-8-16(17)18;/h4-5,8-9,12,15,20H,2-3,6-7,10-11,13-14H2,1H3;1H. The van der Waals surface area contributed by atoms with Gasteiger partial charge in [0.25, 0.3) is 0 Å². The SMILES string of the molecule is CCCCN1CCCC(COC(=O)c2c[nH]c3ccccc23)C1.Cl. The molecule has 1 atom stereocenters. The summed E-state index contributed by atoms with van der Waals surface area (Å²) in [5.41, 5.74) is 1.61. The monoisotopic (exact) mass is 350 g/mol. The third-order valence-electron chi connectivity index (χ3n) is 4.69. The lowest BCUT2D eigenvalue weighted by Gasteiger charge is -2.32. The minimum Gasteiger partial charge on any atom is -0.462 e. The Hall–Kier alpha value is -1.52. The number of H-pyrrole nitrogens is 1. The smallest absolute Gasteiger partial charge is 0.340 e. The number of aromatic amines is 1. The Morgan fingerprint density at radius 1 is 1.38 bits per heavy atom. The first-order chi connectivity index (χ1) is 11.3. The van der Waals surface area contributed by atoms with E-state index in [2.05, 4.69) is 16.8 Å². The van der Waals surface area contributed by atoms with Gasteiger partial charge >= 0.3 is 5.97 Å². The molecule has 1 aliphatic heterocycles. The van der Waals surface area contributed by atoms with Crippen LogP contribution in [0.2, 0.25) is 0 Å². The Morgan fingerprint density at radius 2 is 2.21 bits per heavy atom. The van der Waals surface area contributed by atoms with Crippen molar-refractivity contribution in [3.63, 3.8) is 0 Å². The van der Waals surface area contributed by atoms with E-state index in [0.29, 0.717) is 18.1 Å². The molecule has 5 heteroatoms. The molecule has 24 heavy (non-hydrogen) atoms. The number of carbonyl (C=O) groups excluding carboxylic acids is 1. The number of likely N-dealkylation sites (tertiary alicyclic amines) is 1. The maximum atomic E-state index is 12.4. The summed E-state index contributed by atoms with van der Waals surface area (Å²) in [6.45, 7) is 6.17. The van der Waals surface area contributed by atoms with E-state index in [-0.39, 0.29) is 18.4 Å². The molecule has 1 aromatic carbocycles. The number of benzene rings is 1. The molecule has 2 heterocycles. The van der Waals surface area contributed by atoms with Crippen molar-refractivity contribution < 1.29 is 9.53 Å². The molecule has 0 amide bonds. The van der Waals surface area contributed by atoms with Gasteiger partial charge in [0.1, 0.15) is 0 Å². The molecule has 2 aromatic rings. The summed E-state index contributed by atoms with van der Waals surface area (Å²) in [6, 6.07) is 7.83. The summed E-state index contributed by atoms with van der Waals surface area (Å²) < 4.78 is 5.60. The predicted molar refractivity (Wildman–Crippen MR) is 99.9 cm³/mol. The Kier molecular flexibility index (Phi) is 7.13. The van der Waals surface area contributed by atoms with E-state index < -0.39 is 0 Å². The summed E-state index contributed by atoms with van der Waals surface area (Å²) in [5.74, 6) is 0.253. The van der Waals surface area contributed by atoms with Gasteiger partial charge < -0.3 is 14.6 Å². The molecule has 132 valence electrons. The Bertz CT molecular complexity index is 656. The van der Waals surface area contributed by atoms with Crippen molar-refractivity contribution in [1.82, 2.24) is 9.88 Å². The minimum absolute atomic E-state index is 0. The highest BCUT2D eigenvalue weighted by Crippen LogP contribution is 2.21. The topological polar surface area (TPSA) is 45.3 Å². The molecule has 3 rings (SSSR count). The average Bonchev–Trinajstić information content (AvgIpc) is 3.02. The van der Waals surface area contributed by atoms with Gasteiger partial charge in [-0.15, -0.1) is 12.4 Å². The molecule has 0 spiro atoms. The number of piperidine rings is 1. The van der Waals surface area contributed by atoms with Gasteiger partial charge in [-0.3, -0.25) is 0 Å². The van der Waals surface area contributed by atoms with Crippen molar-refractivity contribution in [2.45, 2.75) is 32.6 Å². The number of carbonyl (C=O) groups is 1. The zero-order valence-corrected chi connectivity index (χ0v) is 15.1. The van der Waals surface area contributed by atoms with E-state index in [1.165, 1.54) is 32.4 Å². The first-order valence-electron chi connectivity index (χ1n) is 8.73. The Morgan fingerprint density at radius 3 is 3.04 bits per heavy atom. The lowest BCUT2D eigenvalue weighted by Crippen LogP contribution is -2.38. The molecule has 1 N–H and O–H groups in total. The zero-order chi connectivity index (χ0) is 16.1. The fourth-order valence-corrected chi connectivity index (χ4v) is 3.38. The van der Waals surface area contributed by atoms with Crippen molar-refractivity contribution in [1.29, 1.82) is 0 Å². The minimum atomic E-state index is -0.215. The maximum Gasteiger partial charge on any atom is 0.340 e. The number of halogens is 1. The molecular weight excluding hydrogens is 324 g/mol. The number of hydrogen-bond acceptors (Lipinski definition) is 3. The van der Waals surface area contributed by atoms with Crippen molar-refractivity contribution in [3.8, 4) is 0 Å². The highest BCUT2D eigenvalue weighted by atomic mass is 35.5. The lowest BCUT2D eigenvalue weighted by molar-refractivity contribution is 0.0355. The van der Waals surface area contributed by atoms with Gasteiger partial charge in [0.05, 0.1) is 12.2 Å². The zero-order valence-electron chi connectivity index (χ0n) is 14.3. The van der Waals surface area contributed by atoms with Crippen LogP contribution in [0.15, 0.2) is 30.5 Å². The highest BCUT2D eigenvalue weighted by molar-refractivity contribution is 6.03. The predicted octanol–water partition coefficient (Wildman–Crippen LogP) is 4.26. The molecule has 1 aromatic heterocycles. The summed E-state index contributed by atoms with van der Waals surface area (Å²) >= 11 is 0. The van der Waals surface area contributed by atoms with Crippen LogP contribution in [0, 0.1) is 5.92 Å². The number of esters is 1. The van der Waals surface area contributed by atoms with E-state index in [1.807, 2.05) is 24.3 Å². The third kappa shape index (κ3) is 4.52. The van der Waals surface area contributed by atoms with Gasteiger partial charge in [0, 0.05) is 29.6 Å². The van der Waals surface area contributed by atoms with Crippen LogP contribution in [0.1, 0.15) is 43.0 Å². The van der Waals surface area contributed by atoms with Crippen LogP contribution in [0.3, 0.4) is 0 Å². The molecular formula is C19H27ClN2O2. The van der Waals surface area contributed by atoms with Crippen molar-refractivity contribution in [2.24, 2.45) is 5.92 Å². The van der Waals surface area contributed by atoms with Gasteiger partial charge in [-0.05, 0) is 38.4 Å². The van der Waals surface area contributed by atoms with E-state index in [1.54, 1.807) is 6.20 Å². The molecule has 0 radical (unpaired) electrons. The normalized spacial score (nSPS) is 18.3. The number of hydrogen-bond donors (Lipinski definition) is 1. The number of para-hydroxylation sites is 1. The highest BCUT2D eigenvalue weighted by Gasteiger charge is 2.22. The molecule has 0 bridgehead atoms. The number of nitrogens with one attached hydrogen (secondary N) is 1. The number of nitrogens with zero attached hydrogens (tertiary/aromatic N) is 1. The van der Waals surface area contributed by atoms with Crippen LogP contribution in [0.5, 0.6) is 0 Å². The largest absolute Gasteiger partial charge is 0.462 e. The van der Waals surface area contributed by atoms with Crippen LogP contribution in [0.4, 0.5) is 0 Å². The van der Waals surface area contributed by atoms with Gasteiger partial charge in [0.15, 0.2) is 0 Å². The second-order valence-corrected chi connectivity index (χ2v) is 6.51. The summed E-state index contributed by atoms with van der Waals surface area (Å²) in [4.78, 5) is 18.0. The van der Waals surface area contributed by atoms with Gasteiger partial charge in [-0.25, -0.2) is 4.79 Å². The maximum absolute atomic E-state index is 12.4.